The molecule has 174 valence electrons. The smallest absolute Gasteiger partial charge is 0.305 e. The Morgan fingerprint density at radius 3 is 2.73 bits per heavy atom. The molecule has 1 aliphatic rings. The van der Waals surface area contributed by atoms with Crippen molar-refractivity contribution in [2.24, 2.45) is 4.99 Å². The molecule has 0 saturated carbocycles. The van der Waals surface area contributed by atoms with Gasteiger partial charge in [0.25, 0.3) is 5.91 Å². The summed E-state index contributed by atoms with van der Waals surface area (Å²) in [5.74, 6) is -1.40. The van der Waals surface area contributed by atoms with Crippen molar-refractivity contribution in [3.63, 3.8) is 0 Å². The van der Waals surface area contributed by atoms with Gasteiger partial charge >= 0.3 is 5.97 Å². The molecule has 11 heteroatoms. The number of nitrogens with one attached hydrogen (secondary N) is 4. The topological polar surface area (TPSA) is 132 Å². The van der Waals surface area contributed by atoms with Crippen molar-refractivity contribution < 1.29 is 19.5 Å². The number of carboxylic acid groups (broad SMARTS) is 1. The summed E-state index contributed by atoms with van der Waals surface area (Å²) in [5.41, 5.74) is 1.59. The van der Waals surface area contributed by atoms with Crippen LogP contribution in [-0.2, 0) is 9.59 Å². The molecule has 0 aromatic heterocycles. The van der Waals surface area contributed by atoms with E-state index in [-0.39, 0.29) is 13.0 Å². The molecule has 33 heavy (non-hydrogen) atoms. The molecule has 1 atom stereocenters. The van der Waals surface area contributed by atoms with E-state index in [0.717, 1.165) is 19.5 Å². The lowest BCUT2D eigenvalue weighted by atomic mass is 10.0. The normalized spacial score (nSPS) is 13.8. The van der Waals surface area contributed by atoms with Gasteiger partial charge < -0.3 is 26.4 Å². The second-order valence-electron chi connectivity index (χ2n) is 7.32. The Balaban J connectivity index is 1.59. The fourth-order valence-electron chi connectivity index (χ4n) is 3.20. The number of rotatable bonds is 8. The molecule has 0 spiro atoms. The molecule has 0 bridgehead atoms. The third kappa shape index (κ3) is 7.76. The first-order valence-corrected chi connectivity index (χ1v) is 11.4. The van der Waals surface area contributed by atoms with E-state index < -0.39 is 23.8 Å². The van der Waals surface area contributed by atoms with Gasteiger partial charge in [0.15, 0.2) is 5.96 Å². The number of halogens is 2. The van der Waals surface area contributed by atoms with Gasteiger partial charge in [-0.3, -0.25) is 19.4 Å². The number of guanidine groups is 1. The maximum absolute atomic E-state index is 12.5. The number of anilines is 1. The molecular formula is C22H23BrClN5O4. The maximum atomic E-state index is 12.5. The van der Waals surface area contributed by atoms with Crippen molar-refractivity contribution in [3.8, 4) is 0 Å². The summed E-state index contributed by atoms with van der Waals surface area (Å²) in [7, 11) is 0. The zero-order valence-electron chi connectivity index (χ0n) is 17.5. The fraction of sp³-hybridized carbons (Fsp3) is 0.273. The Bertz CT molecular complexity index is 1060. The first-order chi connectivity index (χ1) is 15.8. The monoisotopic (exact) mass is 535 g/mol. The average molecular weight is 537 g/mol. The first-order valence-electron chi connectivity index (χ1n) is 10.2. The number of aliphatic imine (C=N–C) groups is 1. The highest BCUT2D eigenvalue weighted by Gasteiger charge is 2.20. The molecule has 2 amide bonds. The highest BCUT2D eigenvalue weighted by molar-refractivity contribution is 9.10. The van der Waals surface area contributed by atoms with Crippen LogP contribution in [0.5, 0.6) is 0 Å². The quantitative estimate of drug-likeness (QED) is 0.352. The summed E-state index contributed by atoms with van der Waals surface area (Å²) in [5, 5.41) is 21.1. The Morgan fingerprint density at radius 1 is 1.21 bits per heavy atom. The number of nitrogens with zero attached hydrogens (tertiary/aromatic N) is 1. The predicted octanol–water partition coefficient (Wildman–Crippen LogP) is 2.93. The third-order valence-corrected chi connectivity index (χ3v) is 5.37. The first kappa shape index (κ1) is 24.5. The minimum Gasteiger partial charge on any atom is -0.481 e. The Kier molecular flexibility index (Phi) is 8.67. The largest absolute Gasteiger partial charge is 0.481 e. The van der Waals surface area contributed by atoms with E-state index in [4.69, 9.17) is 11.6 Å². The van der Waals surface area contributed by atoms with Gasteiger partial charge in [-0.1, -0.05) is 33.6 Å². The van der Waals surface area contributed by atoms with Crippen LogP contribution in [0.3, 0.4) is 0 Å². The molecule has 9 nitrogen and oxygen atoms in total. The van der Waals surface area contributed by atoms with Crippen molar-refractivity contribution in [3.05, 3.63) is 63.1 Å². The number of carboxylic acids is 1. The molecule has 0 saturated heterocycles. The molecule has 5 N–H and O–H groups in total. The minimum atomic E-state index is -1.08. The second-order valence-corrected chi connectivity index (χ2v) is 8.67. The highest BCUT2D eigenvalue weighted by atomic mass is 79.9. The lowest BCUT2D eigenvalue weighted by Gasteiger charge is -2.18. The summed E-state index contributed by atoms with van der Waals surface area (Å²) < 4.78 is 0.658. The molecule has 1 unspecified atom stereocenters. The van der Waals surface area contributed by atoms with Crippen molar-refractivity contribution in [1.82, 2.24) is 16.0 Å². The van der Waals surface area contributed by atoms with Gasteiger partial charge in [0, 0.05) is 33.8 Å². The van der Waals surface area contributed by atoms with Crippen LogP contribution >= 0.6 is 27.5 Å². The van der Waals surface area contributed by atoms with Crippen LogP contribution in [0.15, 0.2) is 51.9 Å². The van der Waals surface area contributed by atoms with Gasteiger partial charge in [-0.05, 0) is 48.4 Å². The van der Waals surface area contributed by atoms with E-state index in [2.05, 4.69) is 42.2 Å². The van der Waals surface area contributed by atoms with Gasteiger partial charge in [-0.2, -0.15) is 0 Å². The zero-order chi connectivity index (χ0) is 23.8. The predicted molar refractivity (Wildman–Crippen MR) is 130 cm³/mol. The number of carbonyl (C=O) groups excluding carboxylic acids is 2. The molecule has 2 aromatic rings. The molecule has 2 aromatic carbocycles. The number of aliphatic carboxylic acids is 1. The highest BCUT2D eigenvalue weighted by Crippen LogP contribution is 2.25. The second kappa shape index (κ2) is 11.7. The Hall–Kier alpha value is -3.11. The standard InChI is InChI=1S/C22H23BrClN5O4/c23-15-7-14(8-16(24)10-15)18(11-20(31)32)29-19(30)12-27-21(33)13-3-1-4-17(9-13)28-22-25-5-2-6-26-22/h1,3-4,7-10,18H,2,5-6,11-12H2,(H,27,33)(H,29,30)(H,31,32)(H2,25,26,28). The van der Waals surface area contributed by atoms with Gasteiger partial charge in [-0.25, -0.2) is 0 Å². The zero-order valence-corrected chi connectivity index (χ0v) is 19.9. The van der Waals surface area contributed by atoms with Crippen LogP contribution in [0.4, 0.5) is 5.69 Å². The number of benzene rings is 2. The summed E-state index contributed by atoms with van der Waals surface area (Å²) in [6, 6.07) is 10.9. The molecule has 3 rings (SSSR count). The van der Waals surface area contributed by atoms with E-state index in [0.29, 0.717) is 32.3 Å². The number of amides is 2. The van der Waals surface area contributed by atoms with Crippen molar-refractivity contribution in [2.45, 2.75) is 18.9 Å². The van der Waals surface area contributed by atoms with E-state index in [1.165, 1.54) is 0 Å². The molecule has 0 aliphatic carbocycles. The van der Waals surface area contributed by atoms with E-state index in [1.54, 1.807) is 36.4 Å². The van der Waals surface area contributed by atoms with E-state index in [9.17, 15) is 19.5 Å². The molecule has 0 radical (unpaired) electrons. The summed E-state index contributed by atoms with van der Waals surface area (Å²) in [6.45, 7) is 1.25. The van der Waals surface area contributed by atoms with Crippen LogP contribution in [0.1, 0.15) is 34.8 Å². The number of hydrogen-bond donors (Lipinski definition) is 5. The molecular weight excluding hydrogens is 514 g/mol. The lowest BCUT2D eigenvalue weighted by molar-refractivity contribution is -0.137. The summed E-state index contributed by atoms with van der Waals surface area (Å²) >= 11 is 9.36. The van der Waals surface area contributed by atoms with Crippen molar-refractivity contribution >= 4 is 57.0 Å². The van der Waals surface area contributed by atoms with E-state index in [1.807, 2.05) is 6.07 Å². The number of carbonyl (C=O) groups is 3. The van der Waals surface area contributed by atoms with Crippen LogP contribution in [0.25, 0.3) is 0 Å². The minimum absolute atomic E-state index is 0.317. The molecule has 1 aliphatic heterocycles. The summed E-state index contributed by atoms with van der Waals surface area (Å²) in [4.78, 5) is 40.6. The Labute approximate surface area is 204 Å². The molecule has 0 fully saturated rings. The van der Waals surface area contributed by atoms with Gasteiger partial charge in [0.05, 0.1) is 19.0 Å². The summed E-state index contributed by atoms with van der Waals surface area (Å²) in [6.07, 6.45) is 0.635. The van der Waals surface area contributed by atoms with Crippen LogP contribution < -0.4 is 21.3 Å². The van der Waals surface area contributed by atoms with Crippen LogP contribution in [-0.4, -0.2) is 48.5 Å². The number of hydrogen-bond acceptors (Lipinski definition) is 6. The van der Waals surface area contributed by atoms with Crippen molar-refractivity contribution in [1.29, 1.82) is 0 Å². The SMILES string of the molecule is O=C(O)CC(NC(=O)CNC(=O)c1cccc(NC2=NCCCN2)c1)c1cc(Cl)cc(Br)c1. The van der Waals surface area contributed by atoms with E-state index >= 15 is 0 Å². The van der Waals surface area contributed by atoms with Gasteiger partial charge in [-0.15, -0.1) is 0 Å². The van der Waals surface area contributed by atoms with Crippen LogP contribution in [0.2, 0.25) is 5.02 Å². The van der Waals surface area contributed by atoms with Gasteiger partial charge in [0.1, 0.15) is 0 Å². The Morgan fingerprint density at radius 2 is 2.03 bits per heavy atom. The maximum Gasteiger partial charge on any atom is 0.305 e. The fourth-order valence-corrected chi connectivity index (χ4v) is 4.09. The average Bonchev–Trinajstić information content (AvgIpc) is 2.77. The van der Waals surface area contributed by atoms with Crippen LogP contribution in [0, 0.1) is 0 Å². The van der Waals surface area contributed by atoms with Gasteiger partial charge in [0.2, 0.25) is 5.91 Å². The van der Waals surface area contributed by atoms with Crippen molar-refractivity contribution in [2.75, 3.05) is 25.0 Å². The third-order valence-electron chi connectivity index (χ3n) is 4.70. The lowest BCUT2D eigenvalue weighted by Crippen LogP contribution is -2.39. The molecule has 1 heterocycles.